The summed E-state index contributed by atoms with van der Waals surface area (Å²) < 4.78 is 13.3. The molecule has 4 nitrogen and oxygen atoms in total. The molecule has 5 heteroatoms. The van der Waals surface area contributed by atoms with Crippen molar-refractivity contribution in [2.45, 2.75) is 6.42 Å². The quantitative estimate of drug-likeness (QED) is 0.882. The third-order valence-electron chi connectivity index (χ3n) is 2.64. The summed E-state index contributed by atoms with van der Waals surface area (Å²) in [6.07, 6.45) is 1.80. The van der Waals surface area contributed by atoms with Gasteiger partial charge in [-0.1, -0.05) is 18.2 Å². The van der Waals surface area contributed by atoms with E-state index in [0.717, 1.165) is 0 Å². The van der Waals surface area contributed by atoms with Gasteiger partial charge in [0, 0.05) is 12.7 Å². The number of aromatic hydroxyl groups is 1. The molecule has 2 aromatic rings. The van der Waals surface area contributed by atoms with E-state index in [1.54, 1.807) is 18.2 Å². The zero-order valence-electron chi connectivity index (χ0n) is 10.1. The van der Waals surface area contributed by atoms with Crippen LogP contribution in [0.15, 0.2) is 42.6 Å². The summed E-state index contributed by atoms with van der Waals surface area (Å²) in [5, 5.41) is 12.0. The van der Waals surface area contributed by atoms with Crippen molar-refractivity contribution >= 4 is 5.91 Å². The number of hydrogen-bond donors (Lipinski definition) is 2. The van der Waals surface area contributed by atoms with Crippen molar-refractivity contribution in [1.29, 1.82) is 0 Å². The van der Waals surface area contributed by atoms with E-state index in [1.165, 1.54) is 24.4 Å². The highest BCUT2D eigenvalue weighted by atomic mass is 19.1. The molecule has 2 rings (SSSR count). The van der Waals surface area contributed by atoms with Crippen LogP contribution in [0.25, 0.3) is 0 Å². The maximum Gasteiger partial charge on any atom is 0.273 e. The topological polar surface area (TPSA) is 62.2 Å². The first-order valence-corrected chi connectivity index (χ1v) is 5.84. The Balaban J connectivity index is 1.92. The second-order valence-corrected chi connectivity index (χ2v) is 3.97. The lowest BCUT2D eigenvalue weighted by molar-refractivity contribution is 0.0946. The number of benzene rings is 1. The largest absolute Gasteiger partial charge is 0.505 e. The van der Waals surface area contributed by atoms with Crippen molar-refractivity contribution in [3.05, 3.63) is 59.7 Å². The van der Waals surface area contributed by atoms with E-state index in [9.17, 15) is 14.3 Å². The number of hydrogen-bond acceptors (Lipinski definition) is 3. The van der Waals surface area contributed by atoms with Crippen LogP contribution in [-0.4, -0.2) is 22.5 Å². The van der Waals surface area contributed by atoms with Crippen LogP contribution in [0.5, 0.6) is 5.75 Å². The van der Waals surface area contributed by atoms with E-state index >= 15 is 0 Å². The Morgan fingerprint density at radius 1 is 1.26 bits per heavy atom. The Morgan fingerprint density at radius 2 is 2.05 bits per heavy atom. The van der Waals surface area contributed by atoms with E-state index < -0.39 is 5.91 Å². The fourth-order valence-corrected chi connectivity index (χ4v) is 1.67. The van der Waals surface area contributed by atoms with E-state index in [-0.39, 0.29) is 23.8 Å². The first-order valence-electron chi connectivity index (χ1n) is 5.84. The van der Waals surface area contributed by atoms with E-state index in [4.69, 9.17) is 0 Å². The average Bonchev–Trinajstić information content (AvgIpc) is 2.41. The molecule has 0 unspecified atom stereocenters. The highest BCUT2D eigenvalue weighted by Crippen LogP contribution is 2.12. The Morgan fingerprint density at radius 3 is 2.79 bits per heavy atom. The summed E-state index contributed by atoms with van der Waals surface area (Å²) in [7, 11) is 0. The summed E-state index contributed by atoms with van der Waals surface area (Å²) >= 11 is 0. The van der Waals surface area contributed by atoms with Gasteiger partial charge in [-0.2, -0.15) is 0 Å². The van der Waals surface area contributed by atoms with Gasteiger partial charge in [-0.25, -0.2) is 9.37 Å². The monoisotopic (exact) mass is 260 g/mol. The third kappa shape index (κ3) is 3.28. The number of aromatic nitrogens is 1. The molecule has 1 aromatic heterocycles. The molecule has 2 N–H and O–H groups in total. The number of carbonyl (C=O) groups excluding carboxylic acids is 1. The van der Waals surface area contributed by atoms with Crippen LogP contribution in [0, 0.1) is 5.82 Å². The average molecular weight is 260 g/mol. The van der Waals surface area contributed by atoms with Crippen LogP contribution >= 0.6 is 0 Å². The van der Waals surface area contributed by atoms with E-state index in [1.807, 2.05) is 0 Å². The number of amides is 1. The molecule has 0 aliphatic rings. The maximum atomic E-state index is 13.3. The molecule has 0 radical (unpaired) electrons. The fraction of sp³-hybridized carbons (Fsp3) is 0.143. The summed E-state index contributed by atoms with van der Waals surface area (Å²) in [6, 6.07) is 9.32. The minimum Gasteiger partial charge on any atom is -0.505 e. The molecule has 98 valence electrons. The van der Waals surface area contributed by atoms with Crippen LogP contribution < -0.4 is 5.32 Å². The molecule has 0 fully saturated rings. The lowest BCUT2D eigenvalue weighted by atomic mass is 10.1. The van der Waals surface area contributed by atoms with Gasteiger partial charge in [-0.3, -0.25) is 4.79 Å². The molecule has 1 aromatic carbocycles. The van der Waals surface area contributed by atoms with Gasteiger partial charge in [0.05, 0.1) is 0 Å². The van der Waals surface area contributed by atoms with Crippen molar-refractivity contribution in [2.75, 3.05) is 6.54 Å². The lowest BCUT2D eigenvalue weighted by Gasteiger charge is -2.06. The van der Waals surface area contributed by atoms with Crippen LogP contribution in [0.3, 0.4) is 0 Å². The Hall–Kier alpha value is -2.43. The zero-order valence-corrected chi connectivity index (χ0v) is 10.1. The van der Waals surface area contributed by atoms with Gasteiger partial charge < -0.3 is 10.4 Å². The molecule has 0 saturated carbocycles. The number of nitrogens with zero attached hydrogens (tertiary/aromatic N) is 1. The van der Waals surface area contributed by atoms with Crippen LogP contribution in [0.1, 0.15) is 16.1 Å². The zero-order chi connectivity index (χ0) is 13.7. The molecule has 0 atom stereocenters. The molecular weight excluding hydrogens is 247 g/mol. The maximum absolute atomic E-state index is 13.3. The summed E-state index contributed by atoms with van der Waals surface area (Å²) in [4.78, 5) is 15.5. The third-order valence-corrected chi connectivity index (χ3v) is 2.64. The van der Waals surface area contributed by atoms with Gasteiger partial charge in [0.2, 0.25) is 0 Å². The second-order valence-electron chi connectivity index (χ2n) is 3.97. The highest BCUT2D eigenvalue weighted by molar-refractivity contribution is 5.94. The highest BCUT2D eigenvalue weighted by Gasteiger charge is 2.11. The van der Waals surface area contributed by atoms with Crippen molar-refractivity contribution < 1.29 is 14.3 Å². The molecule has 0 aliphatic heterocycles. The number of halogens is 1. The predicted octanol–water partition coefficient (Wildman–Crippen LogP) is 1.90. The predicted molar refractivity (Wildman–Crippen MR) is 68.3 cm³/mol. The summed E-state index contributed by atoms with van der Waals surface area (Å²) in [6.45, 7) is 0.274. The van der Waals surface area contributed by atoms with Crippen molar-refractivity contribution in [3.63, 3.8) is 0 Å². The van der Waals surface area contributed by atoms with Gasteiger partial charge in [0.1, 0.15) is 11.6 Å². The SMILES string of the molecule is O=C(NCCc1ccccc1F)c1ncccc1O. The number of carbonyl (C=O) groups is 1. The lowest BCUT2D eigenvalue weighted by Crippen LogP contribution is -2.26. The van der Waals surface area contributed by atoms with E-state index in [2.05, 4.69) is 10.3 Å². The number of nitrogens with one attached hydrogen (secondary N) is 1. The number of pyridine rings is 1. The molecular formula is C14H13FN2O2. The van der Waals surface area contributed by atoms with Crippen molar-refractivity contribution in [3.8, 4) is 5.75 Å². The van der Waals surface area contributed by atoms with Gasteiger partial charge >= 0.3 is 0 Å². The van der Waals surface area contributed by atoms with Gasteiger partial charge in [-0.05, 0) is 30.2 Å². The second kappa shape index (κ2) is 5.95. The molecule has 0 saturated heterocycles. The van der Waals surface area contributed by atoms with Gasteiger partial charge in [-0.15, -0.1) is 0 Å². The smallest absolute Gasteiger partial charge is 0.273 e. The van der Waals surface area contributed by atoms with Crippen LogP contribution in [-0.2, 0) is 6.42 Å². The first-order chi connectivity index (χ1) is 9.18. The molecule has 0 spiro atoms. The standard InChI is InChI=1S/C14H13FN2O2/c15-11-5-2-1-4-10(11)7-9-17-14(19)13-12(18)6-3-8-16-13/h1-6,8,18H,7,9H2,(H,17,19). The molecule has 1 amide bonds. The normalized spacial score (nSPS) is 10.2. The molecule has 19 heavy (non-hydrogen) atoms. The fourth-order valence-electron chi connectivity index (χ4n) is 1.67. The molecule has 1 heterocycles. The summed E-state index contributed by atoms with van der Waals surface area (Å²) in [5.41, 5.74) is 0.504. The van der Waals surface area contributed by atoms with Crippen LogP contribution in [0.2, 0.25) is 0 Å². The molecule has 0 bridgehead atoms. The van der Waals surface area contributed by atoms with E-state index in [0.29, 0.717) is 12.0 Å². The molecule has 0 aliphatic carbocycles. The number of rotatable bonds is 4. The van der Waals surface area contributed by atoms with Gasteiger partial charge in [0.15, 0.2) is 5.69 Å². The Kier molecular flexibility index (Phi) is 4.07. The van der Waals surface area contributed by atoms with Crippen molar-refractivity contribution in [2.24, 2.45) is 0 Å². The summed E-state index contributed by atoms with van der Waals surface area (Å²) in [5.74, 6) is -0.947. The van der Waals surface area contributed by atoms with Crippen molar-refractivity contribution in [1.82, 2.24) is 10.3 Å². The first kappa shape index (κ1) is 13.0. The minimum atomic E-state index is -0.477. The Labute approximate surface area is 109 Å². The van der Waals surface area contributed by atoms with Crippen LogP contribution in [0.4, 0.5) is 4.39 Å². The Bertz CT molecular complexity index is 587. The minimum absolute atomic E-state index is 0.0315. The van der Waals surface area contributed by atoms with Gasteiger partial charge in [0.25, 0.3) is 5.91 Å².